The van der Waals surface area contributed by atoms with Crippen LogP contribution in [0.15, 0.2) is 29.5 Å². The monoisotopic (exact) mass is 349 g/mol. The average Bonchev–Trinajstić information content (AvgIpc) is 3.15. The molecule has 0 spiro atoms. The molecule has 1 aliphatic carbocycles. The van der Waals surface area contributed by atoms with Crippen molar-refractivity contribution in [3.8, 4) is 0 Å². The highest BCUT2D eigenvalue weighted by Crippen LogP contribution is 2.42. The van der Waals surface area contributed by atoms with Crippen molar-refractivity contribution in [1.82, 2.24) is 10.2 Å². The van der Waals surface area contributed by atoms with E-state index in [2.05, 4.69) is 40.6 Å². The van der Waals surface area contributed by atoms with Gasteiger partial charge in [-0.05, 0) is 25.7 Å². The molecule has 0 radical (unpaired) electrons. The second-order valence-corrected chi connectivity index (χ2v) is 8.24. The van der Waals surface area contributed by atoms with E-state index < -0.39 is 0 Å². The van der Waals surface area contributed by atoms with Crippen LogP contribution in [0.4, 0.5) is 5.13 Å². The Labute approximate surface area is 145 Å². The number of hydrogen-bond acceptors (Lipinski definition) is 7. The highest BCUT2D eigenvalue weighted by atomic mass is 32.2. The van der Waals surface area contributed by atoms with Gasteiger partial charge >= 0.3 is 0 Å². The first kappa shape index (κ1) is 16.7. The lowest BCUT2D eigenvalue weighted by molar-refractivity contribution is 0.390. The predicted molar refractivity (Wildman–Crippen MR) is 99.8 cm³/mol. The summed E-state index contributed by atoms with van der Waals surface area (Å²) in [5.41, 5.74) is 7.77. The van der Waals surface area contributed by atoms with Crippen LogP contribution < -0.4 is 11.1 Å². The Bertz CT molecular complexity index is 636. The number of nitrogens with one attached hydrogen (secondary N) is 1. The first-order valence-corrected chi connectivity index (χ1v) is 9.74. The molecule has 0 bridgehead atoms. The minimum absolute atomic E-state index is 0.0669. The van der Waals surface area contributed by atoms with Crippen molar-refractivity contribution in [2.45, 2.75) is 50.3 Å². The molecule has 7 heteroatoms. The molecule has 1 aliphatic heterocycles. The van der Waals surface area contributed by atoms with Crippen molar-refractivity contribution >= 4 is 33.3 Å². The Hall–Kier alpha value is -1.18. The Morgan fingerprint density at radius 1 is 1.35 bits per heavy atom. The van der Waals surface area contributed by atoms with E-state index in [0.717, 1.165) is 39.4 Å². The number of anilines is 1. The van der Waals surface area contributed by atoms with Gasteiger partial charge in [0.25, 0.3) is 0 Å². The summed E-state index contributed by atoms with van der Waals surface area (Å²) in [6.45, 7) is 9.96. The maximum absolute atomic E-state index is 6.00. The Morgan fingerprint density at radius 3 is 2.83 bits per heavy atom. The third kappa shape index (κ3) is 3.84. The number of rotatable bonds is 5. The van der Waals surface area contributed by atoms with Gasteiger partial charge < -0.3 is 11.1 Å². The van der Waals surface area contributed by atoms with Crippen LogP contribution in [0.5, 0.6) is 0 Å². The molecule has 3 rings (SSSR count). The number of allylic oxidation sites excluding steroid dienone is 1. The standard InChI is InChI=1S/C16H23N5S2/c1-4-9(2)18-16-21-20-15(23-16)12-7-5-6-11(8-12)14-19-10(3)13(17)22-14/h11-13H,2-8,17H2,1H3,(H,18,21). The van der Waals surface area contributed by atoms with Gasteiger partial charge in [0.15, 0.2) is 0 Å². The fraction of sp³-hybridized carbons (Fsp3) is 0.562. The summed E-state index contributed by atoms with van der Waals surface area (Å²) in [6.07, 6.45) is 5.52. The molecule has 0 aromatic carbocycles. The molecule has 2 aliphatic rings. The van der Waals surface area contributed by atoms with E-state index in [1.165, 1.54) is 19.3 Å². The maximum atomic E-state index is 6.00. The quantitative estimate of drug-likeness (QED) is 0.837. The van der Waals surface area contributed by atoms with Crippen LogP contribution >= 0.6 is 23.1 Å². The summed E-state index contributed by atoms with van der Waals surface area (Å²) in [5, 5.41) is 14.9. The van der Waals surface area contributed by atoms with E-state index in [0.29, 0.717) is 11.8 Å². The SMILES string of the molecule is C=C(CC)Nc1nnc(C2CCCC(C3=NC(=C)C(N)S3)C2)s1. The third-order valence-electron chi connectivity index (χ3n) is 4.35. The van der Waals surface area contributed by atoms with Crippen molar-refractivity contribution in [3.63, 3.8) is 0 Å². The topological polar surface area (TPSA) is 76.2 Å². The van der Waals surface area contributed by atoms with E-state index in [1.807, 2.05) is 0 Å². The summed E-state index contributed by atoms with van der Waals surface area (Å²) >= 11 is 3.31. The summed E-state index contributed by atoms with van der Waals surface area (Å²) in [4.78, 5) is 4.58. The average molecular weight is 350 g/mol. The van der Waals surface area contributed by atoms with E-state index >= 15 is 0 Å². The molecule has 0 saturated heterocycles. The summed E-state index contributed by atoms with van der Waals surface area (Å²) < 4.78 is 0. The Kier molecular flexibility index (Phi) is 5.18. The summed E-state index contributed by atoms with van der Waals surface area (Å²) in [7, 11) is 0. The van der Waals surface area contributed by atoms with Gasteiger partial charge in [-0.1, -0.05) is 49.6 Å². The molecule has 3 unspecified atom stereocenters. The van der Waals surface area contributed by atoms with Crippen molar-refractivity contribution in [2.75, 3.05) is 5.32 Å². The first-order valence-electron chi connectivity index (χ1n) is 8.04. The fourth-order valence-corrected chi connectivity index (χ4v) is 4.91. The van der Waals surface area contributed by atoms with Crippen molar-refractivity contribution in [2.24, 2.45) is 16.6 Å². The van der Waals surface area contributed by atoms with Crippen molar-refractivity contribution in [3.05, 3.63) is 29.6 Å². The second-order valence-electron chi connectivity index (χ2n) is 6.07. The molecular weight excluding hydrogens is 326 g/mol. The molecule has 1 fully saturated rings. The minimum Gasteiger partial charge on any atom is -0.334 e. The molecule has 23 heavy (non-hydrogen) atoms. The largest absolute Gasteiger partial charge is 0.334 e. The molecule has 3 N–H and O–H groups in total. The van der Waals surface area contributed by atoms with Gasteiger partial charge in [0.2, 0.25) is 5.13 Å². The lowest BCUT2D eigenvalue weighted by atomic mass is 9.82. The normalized spacial score (nSPS) is 27.8. The third-order valence-corrected chi connectivity index (χ3v) is 6.55. The molecule has 124 valence electrons. The zero-order chi connectivity index (χ0) is 16.4. The molecule has 5 nitrogen and oxygen atoms in total. The molecule has 1 aromatic heterocycles. The van der Waals surface area contributed by atoms with Crippen LogP contribution in [0.1, 0.15) is 50.0 Å². The summed E-state index contributed by atoms with van der Waals surface area (Å²) in [5.74, 6) is 0.944. The van der Waals surface area contributed by atoms with Crippen LogP contribution in [-0.4, -0.2) is 20.6 Å². The van der Waals surface area contributed by atoms with E-state index in [4.69, 9.17) is 5.73 Å². The fourth-order valence-electron chi connectivity index (χ4n) is 2.95. The van der Waals surface area contributed by atoms with Crippen molar-refractivity contribution in [1.29, 1.82) is 0 Å². The van der Waals surface area contributed by atoms with E-state index in [9.17, 15) is 0 Å². The van der Waals surface area contributed by atoms with Crippen molar-refractivity contribution < 1.29 is 0 Å². The minimum atomic E-state index is -0.0669. The van der Waals surface area contributed by atoms with Gasteiger partial charge in [-0.15, -0.1) is 10.2 Å². The Balaban J connectivity index is 1.66. The smallest absolute Gasteiger partial charge is 0.209 e. The molecule has 3 atom stereocenters. The van der Waals surface area contributed by atoms with Crippen LogP contribution in [0.2, 0.25) is 0 Å². The Morgan fingerprint density at radius 2 is 2.13 bits per heavy atom. The number of nitrogens with zero attached hydrogens (tertiary/aromatic N) is 3. The van der Waals surface area contributed by atoms with Crippen LogP contribution in [0.25, 0.3) is 0 Å². The predicted octanol–water partition coefficient (Wildman–Crippen LogP) is 4.09. The van der Waals surface area contributed by atoms with Crippen LogP contribution in [0.3, 0.4) is 0 Å². The van der Waals surface area contributed by atoms with Crippen LogP contribution in [-0.2, 0) is 0 Å². The molecule has 1 saturated carbocycles. The summed E-state index contributed by atoms with van der Waals surface area (Å²) in [6, 6.07) is 0. The van der Waals surface area contributed by atoms with Gasteiger partial charge in [0.05, 0.1) is 16.1 Å². The molecule has 2 heterocycles. The first-order chi connectivity index (χ1) is 11.1. The zero-order valence-corrected chi connectivity index (χ0v) is 15.1. The van der Waals surface area contributed by atoms with E-state index in [-0.39, 0.29) is 5.37 Å². The number of aliphatic imine (C=N–C) groups is 1. The van der Waals surface area contributed by atoms with Gasteiger partial charge in [0.1, 0.15) is 5.01 Å². The van der Waals surface area contributed by atoms with Crippen LogP contribution in [0, 0.1) is 5.92 Å². The molecular formula is C16H23N5S2. The second kappa shape index (κ2) is 7.15. The lowest BCUT2D eigenvalue weighted by Crippen LogP contribution is -2.21. The highest BCUT2D eigenvalue weighted by Gasteiger charge is 2.32. The van der Waals surface area contributed by atoms with Gasteiger partial charge in [-0.25, -0.2) is 4.99 Å². The van der Waals surface area contributed by atoms with E-state index in [1.54, 1.807) is 23.1 Å². The van der Waals surface area contributed by atoms with Gasteiger partial charge in [0, 0.05) is 17.5 Å². The van der Waals surface area contributed by atoms with Gasteiger partial charge in [-0.3, -0.25) is 0 Å². The zero-order valence-electron chi connectivity index (χ0n) is 13.4. The lowest BCUT2D eigenvalue weighted by Gasteiger charge is -2.27. The number of thioether (sulfide) groups is 1. The highest BCUT2D eigenvalue weighted by molar-refractivity contribution is 8.14. The molecule has 1 aromatic rings. The number of aromatic nitrogens is 2. The number of hydrogen-bond donors (Lipinski definition) is 2. The number of nitrogens with two attached hydrogens (primary N) is 1. The molecule has 0 amide bonds. The van der Waals surface area contributed by atoms with Gasteiger partial charge in [-0.2, -0.15) is 0 Å². The maximum Gasteiger partial charge on any atom is 0.209 e.